The number of aliphatic hydroxyl groups is 1. The number of benzene rings is 1. The van der Waals surface area contributed by atoms with Crippen molar-refractivity contribution >= 4 is 11.6 Å². The fourth-order valence-electron chi connectivity index (χ4n) is 2.79. The third-order valence-electron chi connectivity index (χ3n) is 3.79. The molecule has 1 atom stereocenters. The predicted octanol–water partition coefficient (Wildman–Crippen LogP) is 3.82. The van der Waals surface area contributed by atoms with Crippen molar-refractivity contribution in [2.45, 2.75) is 32.1 Å². The molecule has 1 aromatic carbocycles. The lowest BCUT2D eigenvalue weighted by atomic mass is 9.86. The van der Waals surface area contributed by atoms with Crippen molar-refractivity contribution in [1.29, 1.82) is 0 Å². The van der Waals surface area contributed by atoms with Gasteiger partial charge in [0.1, 0.15) is 5.82 Å². The van der Waals surface area contributed by atoms with E-state index >= 15 is 0 Å². The Kier molecular flexibility index (Phi) is 4.41. The Labute approximate surface area is 107 Å². The highest BCUT2D eigenvalue weighted by atomic mass is 35.5. The van der Waals surface area contributed by atoms with Crippen LogP contribution < -0.4 is 0 Å². The molecule has 1 fully saturated rings. The molecule has 1 aliphatic carbocycles. The Morgan fingerprint density at radius 3 is 2.71 bits per heavy atom. The van der Waals surface area contributed by atoms with Gasteiger partial charge in [-0.15, -0.1) is 0 Å². The van der Waals surface area contributed by atoms with Gasteiger partial charge in [-0.2, -0.15) is 0 Å². The van der Waals surface area contributed by atoms with Crippen LogP contribution >= 0.6 is 11.6 Å². The summed E-state index contributed by atoms with van der Waals surface area (Å²) in [7, 11) is 0. The molecule has 2 rings (SSSR count). The van der Waals surface area contributed by atoms with Gasteiger partial charge in [0, 0.05) is 11.6 Å². The Bertz CT molecular complexity index is 374. The molecular formula is C14H18ClFO. The van der Waals surface area contributed by atoms with Gasteiger partial charge in [0.25, 0.3) is 0 Å². The van der Waals surface area contributed by atoms with Crippen molar-refractivity contribution in [3.05, 3.63) is 34.6 Å². The van der Waals surface area contributed by atoms with Crippen LogP contribution in [-0.4, -0.2) is 11.7 Å². The van der Waals surface area contributed by atoms with Gasteiger partial charge in [0.15, 0.2) is 0 Å². The molecule has 0 aromatic heterocycles. The molecule has 1 aliphatic rings. The molecule has 0 saturated heterocycles. The van der Waals surface area contributed by atoms with E-state index in [1.54, 1.807) is 6.07 Å². The fraction of sp³-hybridized carbons (Fsp3) is 0.571. The quantitative estimate of drug-likeness (QED) is 0.868. The lowest BCUT2D eigenvalue weighted by Gasteiger charge is -2.21. The van der Waals surface area contributed by atoms with Crippen LogP contribution in [0.2, 0.25) is 5.02 Å². The van der Waals surface area contributed by atoms with Crippen molar-refractivity contribution in [3.63, 3.8) is 0 Å². The first-order chi connectivity index (χ1) is 8.20. The monoisotopic (exact) mass is 256 g/mol. The third-order valence-corrected chi connectivity index (χ3v) is 4.16. The highest BCUT2D eigenvalue weighted by Gasteiger charge is 2.25. The van der Waals surface area contributed by atoms with E-state index in [0.29, 0.717) is 17.4 Å². The van der Waals surface area contributed by atoms with Gasteiger partial charge in [-0.05, 0) is 42.0 Å². The number of hydrogen-bond donors (Lipinski definition) is 1. The summed E-state index contributed by atoms with van der Waals surface area (Å²) in [5.41, 5.74) is 0.817. The molecule has 0 heterocycles. The molecule has 0 bridgehead atoms. The summed E-state index contributed by atoms with van der Waals surface area (Å²) in [6.45, 7) is 0.164. The molecular weight excluding hydrogens is 239 g/mol. The standard InChI is InChI=1S/C14H18ClFO/c15-14-6-5-13(16)8-11(14)7-12(9-17)10-3-1-2-4-10/h5-6,8,10,12,17H,1-4,7,9H2. The minimum Gasteiger partial charge on any atom is -0.396 e. The first-order valence-electron chi connectivity index (χ1n) is 6.25. The third kappa shape index (κ3) is 3.20. The highest BCUT2D eigenvalue weighted by molar-refractivity contribution is 6.31. The lowest BCUT2D eigenvalue weighted by Crippen LogP contribution is -2.19. The zero-order valence-electron chi connectivity index (χ0n) is 9.83. The van der Waals surface area contributed by atoms with Crippen molar-refractivity contribution < 1.29 is 9.50 Å². The zero-order chi connectivity index (χ0) is 12.3. The summed E-state index contributed by atoms with van der Waals surface area (Å²) >= 11 is 6.06. The molecule has 0 spiro atoms. The minimum absolute atomic E-state index is 0.164. The fourth-order valence-corrected chi connectivity index (χ4v) is 2.99. The van der Waals surface area contributed by atoms with Gasteiger partial charge in [0.05, 0.1) is 0 Å². The van der Waals surface area contributed by atoms with Crippen molar-refractivity contribution in [2.24, 2.45) is 11.8 Å². The molecule has 1 unspecified atom stereocenters. The minimum atomic E-state index is -0.257. The van der Waals surface area contributed by atoms with Gasteiger partial charge >= 0.3 is 0 Å². The van der Waals surface area contributed by atoms with E-state index in [1.807, 2.05) is 0 Å². The lowest BCUT2D eigenvalue weighted by molar-refractivity contribution is 0.175. The molecule has 94 valence electrons. The highest BCUT2D eigenvalue weighted by Crippen LogP contribution is 2.34. The summed E-state index contributed by atoms with van der Waals surface area (Å²) in [4.78, 5) is 0. The molecule has 0 amide bonds. The second kappa shape index (κ2) is 5.83. The maximum Gasteiger partial charge on any atom is 0.123 e. The van der Waals surface area contributed by atoms with Crippen LogP contribution in [0.15, 0.2) is 18.2 Å². The van der Waals surface area contributed by atoms with Crippen LogP contribution in [0, 0.1) is 17.7 Å². The van der Waals surface area contributed by atoms with Crippen LogP contribution in [0.25, 0.3) is 0 Å². The Morgan fingerprint density at radius 2 is 2.06 bits per heavy atom. The molecule has 3 heteroatoms. The molecule has 1 aromatic rings. The van der Waals surface area contributed by atoms with Crippen molar-refractivity contribution in [1.82, 2.24) is 0 Å². The van der Waals surface area contributed by atoms with Crippen molar-refractivity contribution in [3.8, 4) is 0 Å². The Hall–Kier alpha value is -0.600. The van der Waals surface area contributed by atoms with Gasteiger partial charge in [-0.1, -0.05) is 37.3 Å². The largest absolute Gasteiger partial charge is 0.396 e. The van der Waals surface area contributed by atoms with Crippen LogP contribution in [0.5, 0.6) is 0 Å². The van der Waals surface area contributed by atoms with Crippen LogP contribution in [0.1, 0.15) is 31.2 Å². The van der Waals surface area contributed by atoms with E-state index in [9.17, 15) is 9.50 Å². The second-order valence-electron chi connectivity index (χ2n) is 4.93. The Balaban J connectivity index is 2.09. The topological polar surface area (TPSA) is 20.2 Å². The number of hydrogen-bond acceptors (Lipinski definition) is 1. The van der Waals surface area contributed by atoms with Gasteiger partial charge in [-0.25, -0.2) is 4.39 Å². The predicted molar refractivity (Wildman–Crippen MR) is 67.6 cm³/mol. The van der Waals surface area contributed by atoms with Gasteiger partial charge in [0.2, 0.25) is 0 Å². The van der Waals surface area contributed by atoms with E-state index in [0.717, 1.165) is 5.56 Å². The first kappa shape index (κ1) is 12.8. The summed E-state index contributed by atoms with van der Waals surface area (Å²) in [5.74, 6) is 0.531. The molecule has 1 N–H and O–H groups in total. The normalized spacial score (nSPS) is 18.5. The van der Waals surface area contributed by atoms with E-state index in [2.05, 4.69) is 0 Å². The summed E-state index contributed by atoms with van der Waals surface area (Å²) < 4.78 is 13.2. The maximum atomic E-state index is 13.2. The molecule has 1 nitrogen and oxygen atoms in total. The van der Waals surface area contributed by atoms with Crippen molar-refractivity contribution in [2.75, 3.05) is 6.61 Å². The molecule has 17 heavy (non-hydrogen) atoms. The summed E-state index contributed by atoms with van der Waals surface area (Å²) in [6.07, 6.45) is 5.53. The second-order valence-corrected chi connectivity index (χ2v) is 5.33. The molecule has 0 aliphatic heterocycles. The van der Waals surface area contributed by atoms with Gasteiger partial charge in [-0.3, -0.25) is 0 Å². The van der Waals surface area contributed by atoms with E-state index < -0.39 is 0 Å². The van der Waals surface area contributed by atoms with E-state index in [-0.39, 0.29) is 18.3 Å². The number of halogens is 2. The van der Waals surface area contributed by atoms with Crippen LogP contribution in [0.4, 0.5) is 4.39 Å². The van der Waals surface area contributed by atoms with Crippen LogP contribution in [0.3, 0.4) is 0 Å². The zero-order valence-corrected chi connectivity index (χ0v) is 10.6. The summed E-state index contributed by atoms with van der Waals surface area (Å²) in [6, 6.07) is 4.45. The number of aliphatic hydroxyl groups excluding tert-OH is 1. The van der Waals surface area contributed by atoms with E-state index in [4.69, 9.17) is 11.6 Å². The maximum absolute atomic E-state index is 13.2. The number of rotatable bonds is 4. The Morgan fingerprint density at radius 1 is 1.35 bits per heavy atom. The molecule has 1 saturated carbocycles. The molecule has 0 radical (unpaired) electrons. The SMILES string of the molecule is OCC(Cc1cc(F)ccc1Cl)C1CCCC1. The summed E-state index contributed by atoms with van der Waals surface area (Å²) in [5, 5.41) is 10.1. The van der Waals surface area contributed by atoms with Crippen LogP contribution in [-0.2, 0) is 6.42 Å². The average Bonchev–Trinajstić information content (AvgIpc) is 2.84. The van der Waals surface area contributed by atoms with Gasteiger partial charge < -0.3 is 5.11 Å². The smallest absolute Gasteiger partial charge is 0.123 e. The average molecular weight is 257 g/mol. The first-order valence-corrected chi connectivity index (χ1v) is 6.63. The van der Waals surface area contributed by atoms with E-state index in [1.165, 1.54) is 37.8 Å².